The van der Waals surface area contributed by atoms with Crippen molar-refractivity contribution >= 4 is 11.6 Å². The van der Waals surface area contributed by atoms with E-state index in [0.717, 1.165) is 12.1 Å². The fourth-order valence-electron chi connectivity index (χ4n) is 1.40. The van der Waals surface area contributed by atoms with E-state index in [4.69, 9.17) is 16.7 Å². The van der Waals surface area contributed by atoms with Gasteiger partial charge in [-0.15, -0.1) is 0 Å². The summed E-state index contributed by atoms with van der Waals surface area (Å²) in [4.78, 5) is 4.01. The summed E-state index contributed by atoms with van der Waals surface area (Å²) in [6.07, 6.45) is 2.31. The molecule has 0 amide bonds. The van der Waals surface area contributed by atoms with Gasteiger partial charge in [-0.3, -0.25) is 0 Å². The number of pyridine rings is 1. The van der Waals surface area contributed by atoms with Crippen LogP contribution in [-0.2, 0) is 0 Å². The Kier molecular flexibility index (Phi) is 4.87. The number of nitrogens with one attached hydrogen (secondary N) is 1. The molecule has 14 heavy (non-hydrogen) atoms. The molecule has 1 aromatic heterocycles. The van der Waals surface area contributed by atoms with Crippen molar-refractivity contribution < 1.29 is 5.11 Å². The molecular formula is C10H15ClN2O. The van der Waals surface area contributed by atoms with Crippen molar-refractivity contribution in [2.75, 3.05) is 13.2 Å². The van der Waals surface area contributed by atoms with Gasteiger partial charge in [0, 0.05) is 24.4 Å². The van der Waals surface area contributed by atoms with Gasteiger partial charge in [-0.05, 0) is 19.0 Å². The average molecular weight is 215 g/mol. The lowest BCUT2D eigenvalue weighted by molar-refractivity contribution is 0.266. The van der Waals surface area contributed by atoms with Crippen LogP contribution in [0.4, 0.5) is 0 Å². The first kappa shape index (κ1) is 11.4. The lowest BCUT2D eigenvalue weighted by atomic mass is 10.1. The van der Waals surface area contributed by atoms with Gasteiger partial charge in [0.2, 0.25) is 0 Å². The van der Waals surface area contributed by atoms with Crippen LogP contribution in [0.1, 0.15) is 24.9 Å². The second-order valence-electron chi connectivity index (χ2n) is 3.01. The Labute approximate surface area is 89.1 Å². The third kappa shape index (κ3) is 2.94. The molecule has 1 unspecified atom stereocenters. The summed E-state index contributed by atoms with van der Waals surface area (Å²) in [5.74, 6) is 0. The third-order valence-electron chi connectivity index (χ3n) is 2.03. The molecule has 0 radical (unpaired) electrons. The molecule has 1 rings (SSSR count). The average Bonchev–Trinajstić information content (AvgIpc) is 2.18. The topological polar surface area (TPSA) is 45.1 Å². The molecule has 4 heteroatoms. The second-order valence-corrected chi connectivity index (χ2v) is 3.36. The summed E-state index contributed by atoms with van der Waals surface area (Å²) in [7, 11) is 0. The van der Waals surface area contributed by atoms with Crippen molar-refractivity contribution in [3.05, 3.63) is 29.0 Å². The van der Waals surface area contributed by atoms with Crippen molar-refractivity contribution in [1.29, 1.82) is 0 Å². The van der Waals surface area contributed by atoms with Crippen LogP contribution >= 0.6 is 11.6 Å². The van der Waals surface area contributed by atoms with Gasteiger partial charge in [-0.1, -0.05) is 24.6 Å². The largest absolute Gasteiger partial charge is 0.396 e. The minimum Gasteiger partial charge on any atom is -0.396 e. The monoisotopic (exact) mass is 214 g/mol. The van der Waals surface area contributed by atoms with Gasteiger partial charge in [0.25, 0.3) is 0 Å². The Morgan fingerprint density at radius 2 is 2.43 bits per heavy atom. The maximum atomic E-state index is 8.91. The molecule has 0 fully saturated rings. The first-order valence-corrected chi connectivity index (χ1v) is 5.12. The van der Waals surface area contributed by atoms with E-state index in [9.17, 15) is 0 Å². The highest BCUT2D eigenvalue weighted by molar-refractivity contribution is 6.30. The van der Waals surface area contributed by atoms with Crippen molar-refractivity contribution in [1.82, 2.24) is 10.3 Å². The first-order valence-electron chi connectivity index (χ1n) is 4.74. The van der Waals surface area contributed by atoms with E-state index in [-0.39, 0.29) is 12.6 Å². The van der Waals surface area contributed by atoms with E-state index < -0.39 is 0 Å². The smallest absolute Gasteiger partial charge is 0.133 e. The van der Waals surface area contributed by atoms with Crippen molar-refractivity contribution in [2.45, 2.75) is 19.4 Å². The summed E-state index contributed by atoms with van der Waals surface area (Å²) in [5, 5.41) is 12.7. The maximum Gasteiger partial charge on any atom is 0.133 e. The van der Waals surface area contributed by atoms with Gasteiger partial charge >= 0.3 is 0 Å². The fourth-order valence-corrected chi connectivity index (χ4v) is 1.65. The van der Waals surface area contributed by atoms with Crippen LogP contribution < -0.4 is 5.32 Å². The molecule has 3 nitrogen and oxygen atoms in total. The van der Waals surface area contributed by atoms with Gasteiger partial charge in [0.05, 0.1) is 0 Å². The van der Waals surface area contributed by atoms with Crippen LogP contribution in [0.2, 0.25) is 5.15 Å². The predicted molar refractivity (Wildman–Crippen MR) is 57.4 cm³/mol. The van der Waals surface area contributed by atoms with Crippen LogP contribution in [0.5, 0.6) is 0 Å². The van der Waals surface area contributed by atoms with E-state index in [0.29, 0.717) is 11.6 Å². The minimum atomic E-state index is 0.0891. The lowest BCUT2D eigenvalue weighted by Crippen LogP contribution is -2.22. The van der Waals surface area contributed by atoms with Crippen LogP contribution in [-0.4, -0.2) is 23.2 Å². The van der Waals surface area contributed by atoms with E-state index in [1.165, 1.54) is 0 Å². The summed E-state index contributed by atoms with van der Waals surface area (Å²) in [5.41, 5.74) is 0.949. The van der Waals surface area contributed by atoms with Gasteiger partial charge in [-0.2, -0.15) is 0 Å². The standard InChI is InChI=1S/C10H15ClN2O/c1-2-12-9(5-7-14)8-4-3-6-13-10(8)11/h3-4,6,9,12,14H,2,5,7H2,1H3. The predicted octanol–water partition coefficient (Wildman–Crippen LogP) is 1.77. The summed E-state index contributed by atoms with van der Waals surface area (Å²) in [6, 6.07) is 3.87. The van der Waals surface area contributed by atoms with E-state index >= 15 is 0 Å². The van der Waals surface area contributed by atoms with E-state index in [1.807, 2.05) is 19.1 Å². The quantitative estimate of drug-likeness (QED) is 0.735. The molecule has 2 N–H and O–H groups in total. The number of aliphatic hydroxyl groups is 1. The zero-order valence-electron chi connectivity index (χ0n) is 8.20. The highest BCUT2D eigenvalue weighted by Crippen LogP contribution is 2.22. The summed E-state index contributed by atoms with van der Waals surface area (Å²) in [6.45, 7) is 3.01. The number of nitrogens with zero attached hydrogens (tertiary/aromatic N) is 1. The number of halogens is 1. The highest BCUT2D eigenvalue weighted by atomic mass is 35.5. The molecule has 0 bridgehead atoms. The minimum absolute atomic E-state index is 0.0891. The van der Waals surface area contributed by atoms with Crippen molar-refractivity contribution in [2.24, 2.45) is 0 Å². The normalized spacial score (nSPS) is 12.8. The Morgan fingerprint density at radius 3 is 3.00 bits per heavy atom. The van der Waals surface area contributed by atoms with Crippen LogP contribution in [0.25, 0.3) is 0 Å². The Hall–Kier alpha value is -0.640. The molecule has 0 aliphatic carbocycles. The summed E-state index contributed by atoms with van der Waals surface area (Å²) < 4.78 is 0. The van der Waals surface area contributed by atoms with Crippen molar-refractivity contribution in [3.63, 3.8) is 0 Å². The third-order valence-corrected chi connectivity index (χ3v) is 2.35. The SMILES string of the molecule is CCNC(CCO)c1cccnc1Cl. The molecule has 1 aromatic rings. The van der Waals surface area contributed by atoms with Crippen LogP contribution in [0.15, 0.2) is 18.3 Å². The molecule has 78 valence electrons. The molecule has 0 aliphatic heterocycles. The molecule has 0 saturated heterocycles. The molecular weight excluding hydrogens is 200 g/mol. The molecule has 1 heterocycles. The fraction of sp³-hybridized carbons (Fsp3) is 0.500. The summed E-state index contributed by atoms with van der Waals surface area (Å²) >= 11 is 5.96. The zero-order valence-corrected chi connectivity index (χ0v) is 8.96. The van der Waals surface area contributed by atoms with E-state index in [1.54, 1.807) is 6.20 Å². The second kappa shape index (κ2) is 5.96. The Morgan fingerprint density at radius 1 is 1.64 bits per heavy atom. The molecule has 1 atom stereocenters. The number of rotatable bonds is 5. The lowest BCUT2D eigenvalue weighted by Gasteiger charge is -2.17. The Balaban J connectivity index is 2.81. The van der Waals surface area contributed by atoms with Crippen molar-refractivity contribution in [3.8, 4) is 0 Å². The molecule has 0 spiro atoms. The van der Waals surface area contributed by atoms with E-state index in [2.05, 4.69) is 10.3 Å². The van der Waals surface area contributed by atoms with Gasteiger partial charge in [0.1, 0.15) is 5.15 Å². The number of hydrogen-bond donors (Lipinski definition) is 2. The van der Waals surface area contributed by atoms with Gasteiger partial charge in [0.15, 0.2) is 0 Å². The molecule has 0 aliphatic rings. The zero-order chi connectivity index (χ0) is 10.4. The maximum absolute atomic E-state index is 8.91. The van der Waals surface area contributed by atoms with Gasteiger partial charge < -0.3 is 10.4 Å². The first-order chi connectivity index (χ1) is 6.79. The molecule has 0 saturated carbocycles. The van der Waals surface area contributed by atoms with Crippen LogP contribution in [0.3, 0.4) is 0 Å². The number of hydrogen-bond acceptors (Lipinski definition) is 3. The molecule has 0 aromatic carbocycles. The number of aliphatic hydroxyl groups excluding tert-OH is 1. The number of aromatic nitrogens is 1. The highest BCUT2D eigenvalue weighted by Gasteiger charge is 2.12. The Bertz CT molecular complexity index is 275. The van der Waals surface area contributed by atoms with Gasteiger partial charge in [-0.25, -0.2) is 4.98 Å². The van der Waals surface area contributed by atoms with Crippen LogP contribution in [0, 0.1) is 0 Å².